The lowest BCUT2D eigenvalue weighted by molar-refractivity contribution is 0.208. The number of nitrogens with zero attached hydrogens (tertiary/aromatic N) is 5. The zero-order valence-corrected chi connectivity index (χ0v) is 16.2. The number of piperazine rings is 1. The topological polar surface area (TPSA) is 66.3 Å². The number of benzene rings is 1. The normalized spacial score (nSPS) is 14.2. The molecule has 0 aliphatic carbocycles. The minimum absolute atomic E-state index is 0.0802. The molecule has 2 aromatic heterocycles. The SMILES string of the molecule is Cc1cc(C)n(-c2ccccc2NC(=O)N2CCN(c3ccncc3)CC2)n1. The Morgan fingerprint density at radius 2 is 1.71 bits per heavy atom. The number of rotatable bonds is 3. The number of para-hydroxylation sites is 2. The van der Waals surface area contributed by atoms with Crippen molar-refractivity contribution in [3.05, 3.63) is 66.2 Å². The molecule has 1 saturated heterocycles. The van der Waals surface area contributed by atoms with E-state index in [1.807, 2.05) is 65.9 Å². The average molecular weight is 376 g/mol. The van der Waals surface area contributed by atoms with E-state index in [-0.39, 0.29) is 6.03 Å². The maximum absolute atomic E-state index is 12.8. The summed E-state index contributed by atoms with van der Waals surface area (Å²) in [5, 5.41) is 7.61. The third kappa shape index (κ3) is 3.69. The first-order chi connectivity index (χ1) is 13.6. The summed E-state index contributed by atoms with van der Waals surface area (Å²) in [5.41, 5.74) is 4.76. The summed E-state index contributed by atoms with van der Waals surface area (Å²) in [7, 11) is 0. The molecule has 28 heavy (non-hydrogen) atoms. The molecule has 3 heterocycles. The molecule has 0 radical (unpaired) electrons. The van der Waals surface area contributed by atoms with Crippen molar-refractivity contribution in [2.24, 2.45) is 0 Å². The van der Waals surface area contributed by atoms with Crippen LogP contribution in [-0.2, 0) is 0 Å². The van der Waals surface area contributed by atoms with E-state index in [9.17, 15) is 4.79 Å². The van der Waals surface area contributed by atoms with E-state index in [0.29, 0.717) is 13.1 Å². The molecule has 7 nitrogen and oxygen atoms in total. The third-order valence-electron chi connectivity index (χ3n) is 4.98. The van der Waals surface area contributed by atoms with Crippen LogP contribution in [0.25, 0.3) is 5.69 Å². The Bertz CT molecular complexity index is 960. The summed E-state index contributed by atoms with van der Waals surface area (Å²) >= 11 is 0. The molecule has 1 aromatic carbocycles. The van der Waals surface area contributed by atoms with Crippen molar-refractivity contribution in [3.8, 4) is 5.69 Å². The minimum Gasteiger partial charge on any atom is -0.368 e. The van der Waals surface area contributed by atoms with Gasteiger partial charge in [0.1, 0.15) is 0 Å². The van der Waals surface area contributed by atoms with Gasteiger partial charge in [-0.05, 0) is 44.2 Å². The summed E-state index contributed by atoms with van der Waals surface area (Å²) in [6.45, 7) is 6.93. The molecule has 7 heteroatoms. The first-order valence-corrected chi connectivity index (χ1v) is 9.45. The van der Waals surface area contributed by atoms with Gasteiger partial charge in [0.25, 0.3) is 0 Å². The van der Waals surface area contributed by atoms with Crippen LogP contribution in [0.2, 0.25) is 0 Å². The Labute approximate surface area is 164 Å². The minimum atomic E-state index is -0.0802. The Kier molecular flexibility index (Phi) is 4.97. The van der Waals surface area contributed by atoms with Crippen molar-refractivity contribution < 1.29 is 4.79 Å². The highest BCUT2D eigenvalue weighted by atomic mass is 16.2. The molecule has 4 rings (SSSR count). The van der Waals surface area contributed by atoms with Crippen LogP contribution in [0.1, 0.15) is 11.4 Å². The van der Waals surface area contributed by atoms with Crippen molar-refractivity contribution in [2.45, 2.75) is 13.8 Å². The summed E-state index contributed by atoms with van der Waals surface area (Å²) in [6, 6.07) is 13.7. The second-order valence-electron chi connectivity index (χ2n) is 6.97. The Morgan fingerprint density at radius 3 is 2.39 bits per heavy atom. The van der Waals surface area contributed by atoms with E-state index in [1.165, 1.54) is 0 Å². The number of aromatic nitrogens is 3. The predicted octanol–water partition coefficient (Wildman–Crippen LogP) is 3.24. The van der Waals surface area contributed by atoms with Crippen LogP contribution >= 0.6 is 0 Å². The van der Waals surface area contributed by atoms with Gasteiger partial charge in [0.2, 0.25) is 0 Å². The predicted molar refractivity (Wildman–Crippen MR) is 110 cm³/mol. The lowest BCUT2D eigenvalue weighted by atomic mass is 10.2. The van der Waals surface area contributed by atoms with Gasteiger partial charge >= 0.3 is 6.03 Å². The zero-order chi connectivity index (χ0) is 19.5. The molecule has 1 aliphatic heterocycles. The molecule has 3 aromatic rings. The molecule has 1 fully saturated rings. The van der Waals surface area contributed by atoms with Crippen molar-refractivity contribution in [1.82, 2.24) is 19.7 Å². The van der Waals surface area contributed by atoms with Gasteiger partial charge in [-0.2, -0.15) is 5.10 Å². The largest absolute Gasteiger partial charge is 0.368 e. The van der Waals surface area contributed by atoms with Crippen LogP contribution in [0.15, 0.2) is 54.9 Å². The third-order valence-corrected chi connectivity index (χ3v) is 4.98. The van der Waals surface area contributed by atoms with Gasteiger partial charge in [-0.1, -0.05) is 12.1 Å². The number of aryl methyl sites for hydroxylation is 2. The number of amides is 2. The number of pyridine rings is 1. The molecule has 0 saturated carbocycles. The van der Waals surface area contributed by atoms with Crippen LogP contribution in [-0.4, -0.2) is 51.9 Å². The second-order valence-corrected chi connectivity index (χ2v) is 6.97. The molecule has 2 amide bonds. The van der Waals surface area contributed by atoms with Crippen molar-refractivity contribution in [2.75, 3.05) is 36.4 Å². The molecule has 144 valence electrons. The standard InChI is InChI=1S/C21H24N6O/c1-16-15-17(2)27(24-16)20-6-4-3-5-19(20)23-21(28)26-13-11-25(12-14-26)18-7-9-22-10-8-18/h3-10,15H,11-14H2,1-2H3,(H,23,28). The summed E-state index contributed by atoms with van der Waals surface area (Å²) in [5.74, 6) is 0. The summed E-state index contributed by atoms with van der Waals surface area (Å²) < 4.78 is 1.87. The number of carbonyl (C=O) groups excluding carboxylic acids is 1. The number of anilines is 2. The zero-order valence-electron chi connectivity index (χ0n) is 16.2. The highest BCUT2D eigenvalue weighted by Gasteiger charge is 2.22. The fraction of sp³-hybridized carbons (Fsp3) is 0.286. The summed E-state index contributed by atoms with van der Waals surface area (Å²) in [4.78, 5) is 21.0. The fourth-order valence-electron chi connectivity index (χ4n) is 3.55. The van der Waals surface area contributed by atoms with E-state index >= 15 is 0 Å². The lowest BCUT2D eigenvalue weighted by Gasteiger charge is -2.36. The average Bonchev–Trinajstić information content (AvgIpc) is 3.07. The molecule has 0 unspecified atom stereocenters. The smallest absolute Gasteiger partial charge is 0.322 e. The van der Waals surface area contributed by atoms with Crippen molar-refractivity contribution in [3.63, 3.8) is 0 Å². The van der Waals surface area contributed by atoms with Gasteiger partial charge in [-0.3, -0.25) is 4.98 Å². The van der Waals surface area contributed by atoms with Crippen LogP contribution in [0.4, 0.5) is 16.2 Å². The maximum atomic E-state index is 12.8. The van der Waals surface area contributed by atoms with Crippen molar-refractivity contribution >= 4 is 17.4 Å². The Balaban J connectivity index is 1.45. The molecule has 0 bridgehead atoms. The number of hydrogen-bond acceptors (Lipinski definition) is 4. The molecule has 0 spiro atoms. The van der Waals surface area contributed by atoms with E-state index < -0.39 is 0 Å². The van der Waals surface area contributed by atoms with E-state index in [2.05, 4.69) is 20.3 Å². The van der Waals surface area contributed by atoms with Gasteiger partial charge in [-0.15, -0.1) is 0 Å². The molecular formula is C21H24N6O. The van der Waals surface area contributed by atoms with Gasteiger partial charge < -0.3 is 15.1 Å². The highest BCUT2D eigenvalue weighted by Crippen LogP contribution is 2.22. The molecular weight excluding hydrogens is 352 g/mol. The van der Waals surface area contributed by atoms with Crippen LogP contribution in [0.3, 0.4) is 0 Å². The van der Waals surface area contributed by atoms with E-state index in [4.69, 9.17) is 0 Å². The van der Waals surface area contributed by atoms with E-state index in [0.717, 1.165) is 41.5 Å². The van der Waals surface area contributed by atoms with Crippen LogP contribution in [0, 0.1) is 13.8 Å². The number of hydrogen-bond donors (Lipinski definition) is 1. The quantitative estimate of drug-likeness (QED) is 0.762. The fourth-order valence-corrected chi connectivity index (χ4v) is 3.55. The number of carbonyl (C=O) groups is 1. The molecule has 0 atom stereocenters. The van der Waals surface area contributed by atoms with Crippen LogP contribution in [0.5, 0.6) is 0 Å². The second kappa shape index (κ2) is 7.72. The number of nitrogens with one attached hydrogen (secondary N) is 1. The number of urea groups is 1. The first-order valence-electron chi connectivity index (χ1n) is 9.45. The van der Waals surface area contributed by atoms with Gasteiger partial charge in [-0.25, -0.2) is 9.48 Å². The maximum Gasteiger partial charge on any atom is 0.322 e. The monoisotopic (exact) mass is 376 g/mol. The van der Waals surface area contributed by atoms with Gasteiger partial charge in [0.05, 0.1) is 17.1 Å². The van der Waals surface area contributed by atoms with Gasteiger partial charge in [0, 0.05) is 50.0 Å². The highest BCUT2D eigenvalue weighted by molar-refractivity contribution is 5.91. The van der Waals surface area contributed by atoms with Crippen molar-refractivity contribution in [1.29, 1.82) is 0 Å². The molecule has 1 aliphatic rings. The van der Waals surface area contributed by atoms with Crippen LogP contribution < -0.4 is 10.2 Å². The van der Waals surface area contributed by atoms with Gasteiger partial charge in [0.15, 0.2) is 0 Å². The summed E-state index contributed by atoms with van der Waals surface area (Å²) in [6.07, 6.45) is 3.59. The first kappa shape index (κ1) is 18.0. The Hall–Kier alpha value is -3.35. The molecule has 1 N–H and O–H groups in total. The Morgan fingerprint density at radius 1 is 1.00 bits per heavy atom. The lowest BCUT2D eigenvalue weighted by Crippen LogP contribution is -2.50. The van der Waals surface area contributed by atoms with E-state index in [1.54, 1.807) is 12.4 Å².